The quantitative estimate of drug-likeness (QED) is 0.904. The molecule has 0 radical (unpaired) electrons. The largest absolute Gasteiger partial charge is 0.326 e. The van der Waals surface area contributed by atoms with Crippen molar-refractivity contribution in [3.63, 3.8) is 0 Å². The second-order valence-electron chi connectivity index (χ2n) is 5.87. The van der Waals surface area contributed by atoms with E-state index in [4.69, 9.17) is 5.73 Å². The lowest BCUT2D eigenvalue weighted by molar-refractivity contribution is 0.132. The van der Waals surface area contributed by atoms with Crippen molar-refractivity contribution >= 4 is 0 Å². The van der Waals surface area contributed by atoms with Gasteiger partial charge in [0.1, 0.15) is 5.82 Å². The summed E-state index contributed by atoms with van der Waals surface area (Å²) in [6, 6.07) is 5.95. The Morgan fingerprint density at radius 2 is 2.05 bits per heavy atom. The van der Waals surface area contributed by atoms with Gasteiger partial charge >= 0.3 is 0 Å². The number of hydrogen-bond acceptors (Lipinski definition) is 2. The molecule has 2 nitrogen and oxygen atoms in total. The first-order valence-corrected chi connectivity index (χ1v) is 7.29. The molecule has 0 bridgehead atoms. The van der Waals surface area contributed by atoms with Crippen LogP contribution in [0.2, 0.25) is 0 Å². The van der Waals surface area contributed by atoms with E-state index >= 15 is 0 Å². The van der Waals surface area contributed by atoms with Crippen LogP contribution >= 0.6 is 0 Å². The molecule has 19 heavy (non-hydrogen) atoms. The summed E-state index contributed by atoms with van der Waals surface area (Å²) in [6.45, 7) is 3.40. The number of nitrogens with zero attached hydrogens (tertiary/aromatic N) is 1. The first kappa shape index (κ1) is 14.5. The SMILES string of the molecule is CC1CCCCC1N(C)Cc1ccc(CN)cc1F. The lowest BCUT2D eigenvalue weighted by atomic mass is 9.85. The minimum Gasteiger partial charge on any atom is -0.326 e. The summed E-state index contributed by atoms with van der Waals surface area (Å²) in [6.07, 6.45) is 5.17. The van der Waals surface area contributed by atoms with Gasteiger partial charge in [-0.05, 0) is 37.4 Å². The van der Waals surface area contributed by atoms with E-state index in [1.54, 1.807) is 6.07 Å². The van der Waals surface area contributed by atoms with E-state index in [1.807, 2.05) is 12.1 Å². The van der Waals surface area contributed by atoms with E-state index in [-0.39, 0.29) is 5.82 Å². The number of nitrogens with two attached hydrogens (primary N) is 1. The Kier molecular flexibility index (Phi) is 4.94. The second kappa shape index (κ2) is 6.49. The standard InChI is InChI=1S/C16H25FN2/c1-12-5-3-4-6-16(12)19(2)11-14-8-7-13(10-18)9-15(14)17/h7-9,12,16H,3-6,10-11,18H2,1-2H3. The average molecular weight is 264 g/mol. The maximum Gasteiger partial charge on any atom is 0.128 e. The summed E-state index contributed by atoms with van der Waals surface area (Å²) in [4.78, 5) is 2.31. The molecule has 0 amide bonds. The van der Waals surface area contributed by atoms with Gasteiger partial charge in [0.05, 0.1) is 0 Å². The van der Waals surface area contributed by atoms with Crippen LogP contribution in [0.1, 0.15) is 43.7 Å². The first-order chi connectivity index (χ1) is 9.11. The van der Waals surface area contributed by atoms with E-state index in [9.17, 15) is 4.39 Å². The Labute approximate surface area is 115 Å². The van der Waals surface area contributed by atoms with E-state index in [0.29, 0.717) is 25.0 Å². The lowest BCUT2D eigenvalue weighted by Crippen LogP contribution is -2.38. The molecule has 2 unspecified atom stereocenters. The van der Waals surface area contributed by atoms with Gasteiger partial charge < -0.3 is 5.73 Å². The van der Waals surface area contributed by atoms with Gasteiger partial charge in [-0.15, -0.1) is 0 Å². The van der Waals surface area contributed by atoms with Crippen LogP contribution in [0.3, 0.4) is 0 Å². The maximum atomic E-state index is 14.0. The summed E-state index contributed by atoms with van der Waals surface area (Å²) in [7, 11) is 2.11. The molecule has 2 rings (SSSR count). The molecule has 0 saturated heterocycles. The molecule has 2 N–H and O–H groups in total. The third-order valence-corrected chi connectivity index (χ3v) is 4.41. The number of halogens is 1. The third-order valence-electron chi connectivity index (χ3n) is 4.41. The van der Waals surface area contributed by atoms with Crippen molar-refractivity contribution in [3.8, 4) is 0 Å². The molecular weight excluding hydrogens is 239 g/mol. The molecule has 0 spiro atoms. The molecular formula is C16H25FN2. The molecule has 2 atom stereocenters. The highest BCUT2D eigenvalue weighted by Crippen LogP contribution is 2.28. The van der Waals surface area contributed by atoms with Crippen molar-refractivity contribution in [1.82, 2.24) is 4.90 Å². The van der Waals surface area contributed by atoms with Gasteiger partial charge in [0.15, 0.2) is 0 Å². The zero-order valence-electron chi connectivity index (χ0n) is 12.0. The molecule has 1 aliphatic carbocycles. The van der Waals surface area contributed by atoms with E-state index in [2.05, 4.69) is 18.9 Å². The molecule has 1 aromatic rings. The van der Waals surface area contributed by atoms with Gasteiger partial charge in [0.2, 0.25) is 0 Å². The van der Waals surface area contributed by atoms with Crippen LogP contribution in [0, 0.1) is 11.7 Å². The Morgan fingerprint density at radius 1 is 1.32 bits per heavy atom. The van der Waals surface area contributed by atoms with Crippen LogP contribution in [0.5, 0.6) is 0 Å². The first-order valence-electron chi connectivity index (χ1n) is 7.29. The second-order valence-corrected chi connectivity index (χ2v) is 5.87. The highest BCUT2D eigenvalue weighted by Gasteiger charge is 2.25. The van der Waals surface area contributed by atoms with Crippen LogP contribution in [-0.2, 0) is 13.1 Å². The predicted octanol–water partition coefficient (Wildman–Crippen LogP) is 3.29. The molecule has 1 fully saturated rings. The smallest absolute Gasteiger partial charge is 0.128 e. The Balaban J connectivity index is 2.03. The fourth-order valence-electron chi connectivity index (χ4n) is 3.18. The summed E-state index contributed by atoms with van der Waals surface area (Å²) in [5, 5.41) is 0. The molecule has 1 saturated carbocycles. The van der Waals surface area contributed by atoms with Crippen molar-refractivity contribution in [2.75, 3.05) is 7.05 Å². The predicted molar refractivity (Wildman–Crippen MR) is 77.2 cm³/mol. The fourth-order valence-corrected chi connectivity index (χ4v) is 3.18. The van der Waals surface area contributed by atoms with Gasteiger partial charge in [0.25, 0.3) is 0 Å². The zero-order valence-corrected chi connectivity index (χ0v) is 12.0. The number of hydrogen-bond donors (Lipinski definition) is 1. The molecule has 1 aliphatic rings. The van der Waals surface area contributed by atoms with Crippen molar-refractivity contribution in [1.29, 1.82) is 0 Å². The highest BCUT2D eigenvalue weighted by atomic mass is 19.1. The molecule has 1 aromatic carbocycles. The van der Waals surface area contributed by atoms with Crippen LogP contribution < -0.4 is 5.73 Å². The minimum absolute atomic E-state index is 0.127. The average Bonchev–Trinajstić information content (AvgIpc) is 2.41. The van der Waals surface area contributed by atoms with Crippen LogP contribution in [0.25, 0.3) is 0 Å². The maximum absolute atomic E-state index is 14.0. The van der Waals surface area contributed by atoms with Crippen LogP contribution in [-0.4, -0.2) is 18.0 Å². The van der Waals surface area contributed by atoms with E-state index in [0.717, 1.165) is 11.1 Å². The van der Waals surface area contributed by atoms with E-state index < -0.39 is 0 Å². The number of rotatable bonds is 4. The van der Waals surface area contributed by atoms with Crippen molar-refractivity contribution in [2.24, 2.45) is 11.7 Å². The monoisotopic (exact) mass is 264 g/mol. The van der Waals surface area contributed by atoms with Crippen LogP contribution in [0.15, 0.2) is 18.2 Å². The molecule has 0 aromatic heterocycles. The Bertz CT molecular complexity index is 419. The van der Waals surface area contributed by atoms with Gasteiger partial charge in [-0.1, -0.05) is 31.9 Å². The summed E-state index contributed by atoms with van der Waals surface area (Å²) >= 11 is 0. The molecule has 106 valence electrons. The van der Waals surface area contributed by atoms with Crippen molar-refractivity contribution in [3.05, 3.63) is 35.1 Å². The number of benzene rings is 1. The Hall–Kier alpha value is -0.930. The topological polar surface area (TPSA) is 29.3 Å². The molecule has 0 aliphatic heterocycles. The highest BCUT2D eigenvalue weighted by molar-refractivity contribution is 5.24. The summed E-state index contributed by atoms with van der Waals surface area (Å²) < 4.78 is 14.0. The normalized spacial score (nSPS) is 23.8. The fraction of sp³-hybridized carbons (Fsp3) is 0.625. The summed E-state index contributed by atoms with van der Waals surface area (Å²) in [5.41, 5.74) is 7.16. The third kappa shape index (κ3) is 3.54. The summed E-state index contributed by atoms with van der Waals surface area (Å²) in [5.74, 6) is 0.586. The molecule has 3 heteroatoms. The van der Waals surface area contributed by atoms with Gasteiger partial charge in [0, 0.05) is 24.7 Å². The lowest BCUT2D eigenvalue weighted by Gasteiger charge is -2.36. The van der Waals surface area contributed by atoms with Gasteiger partial charge in [-0.25, -0.2) is 4.39 Å². The minimum atomic E-state index is -0.127. The van der Waals surface area contributed by atoms with Gasteiger partial charge in [-0.2, -0.15) is 0 Å². The molecule has 0 heterocycles. The zero-order chi connectivity index (χ0) is 13.8. The Morgan fingerprint density at radius 3 is 2.68 bits per heavy atom. The van der Waals surface area contributed by atoms with Crippen molar-refractivity contribution < 1.29 is 4.39 Å². The van der Waals surface area contributed by atoms with Gasteiger partial charge in [-0.3, -0.25) is 4.90 Å². The van der Waals surface area contributed by atoms with Crippen LogP contribution in [0.4, 0.5) is 4.39 Å². The van der Waals surface area contributed by atoms with E-state index in [1.165, 1.54) is 25.7 Å². The van der Waals surface area contributed by atoms with Crippen molar-refractivity contribution in [2.45, 2.75) is 51.7 Å².